The van der Waals surface area contributed by atoms with Gasteiger partial charge in [0.15, 0.2) is 11.6 Å². The van der Waals surface area contributed by atoms with Crippen molar-refractivity contribution in [2.24, 2.45) is 0 Å². The van der Waals surface area contributed by atoms with Crippen LogP contribution >= 0.6 is 0 Å². The number of hydrogen-bond donors (Lipinski definition) is 0. The van der Waals surface area contributed by atoms with E-state index in [9.17, 15) is 4.39 Å². The fourth-order valence-corrected chi connectivity index (χ4v) is 0.961. The standard InChI is InChI=1S/C9H11FO2/c1-11-6-7-3-4-8(10)9(5-7)12-2/h3-5H,6H2,1-2H3. The highest BCUT2D eigenvalue weighted by atomic mass is 19.1. The molecule has 66 valence electrons. The maximum absolute atomic E-state index is 12.8. The van der Waals surface area contributed by atoms with E-state index in [1.807, 2.05) is 0 Å². The molecule has 1 aromatic rings. The second-order valence-corrected chi connectivity index (χ2v) is 2.40. The van der Waals surface area contributed by atoms with Gasteiger partial charge in [0.25, 0.3) is 0 Å². The molecular weight excluding hydrogens is 159 g/mol. The first-order chi connectivity index (χ1) is 5.77. The number of halogens is 1. The Morgan fingerprint density at radius 3 is 2.67 bits per heavy atom. The Morgan fingerprint density at radius 1 is 1.33 bits per heavy atom. The third kappa shape index (κ3) is 1.95. The van der Waals surface area contributed by atoms with Gasteiger partial charge in [0.1, 0.15) is 0 Å². The van der Waals surface area contributed by atoms with E-state index in [1.54, 1.807) is 19.2 Å². The van der Waals surface area contributed by atoms with Crippen LogP contribution in [0.1, 0.15) is 5.56 Å². The summed E-state index contributed by atoms with van der Waals surface area (Å²) in [4.78, 5) is 0. The van der Waals surface area contributed by atoms with Crippen molar-refractivity contribution < 1.29 is 13.9 Å². The summed E-state index contributed by atoms with van der Waals surface area (Å²) in [5, 5.41) is 0. The van der Waals surface area contributed by atoms with Crippen LogP contribution in [0.4, 0.5) is 4.39 Å². The van der Waals surface area contributed by atoms with E-state index in [4.69, 9.17) is 9.47 Å². The van der Waals surface area contributed by atoms with Gasteiger partial charge in [0, 0.05) is 7.11 Å². The summed E-state index contributed by atoms with van der Waals surface area (Å²) in [6.07, 6.45) is 0. The summed E-state index contributed by atoms with van der Waals surface area (Å²) in [6.45, 7) is 0.469. The lowest BCUT2D eigenvalue weighted by Crippen LogP contribution is -1.92. The first-order valence-corrected chi connectivity index (χ1v) is 3.59. The molecule has 2 nitrogen and oxygen atoms in total. The van der Waals surface area contributed by atoms with Crippen LogP contribution in [0.25, 0.3) is 0 Å². The smallest absolute Gasteiger partial charge is 0.165 e. The first-order valence-electron chi connectivity index (χ1n) is 3.59. The van der Waals surface area contributed by atoms with Crippen molar-refractivity contribution in [3.05, 3.63) is 29.6 Å². The Balaban J connectivity index is 2.89. The normalized spacial score (nSPS) is 9.92. The SMILES string of the molecule is COCc1ccc(F)c(OC)c1. The number of ether oxygens (including phenoxy) is 2. The maximum atomic E-state index is 12.8. The summed E-state index contributed by atoms with van der Waals surface area (Å²) in [6, 6.07) is 4.66. The van der Waals surface area contributed by atoms with Crippen LogP contribution in [0.3, 0.4) is 0 Å². The van der Waals surface area contributed by atoms with E-state index in [1.165, 1.54) is 13.2 Å². The fourth-order valence-electron chi connectivity index (χ4n) is 0.961. The van der Waals surface area contributed by atoms with Crippen molar-refractivity contribution in [3.8, 4) is 5.75 Å². The van der Waals surface area contributed by atoms with Gasteiger partial charge in [-0.3, -0.25) is 0 Å². The van der Waals surface area contributed by atoms with Gasteiger partial charge in [-0.25, -0.2) is 4.39 Å². The Kier molecular flexibility index (Phi) is 3.05. The van der Waals surface area contributed by atoms with Crippen molar-refractivity contribution >= 4 is 0 Å². The molecule has 0 unspecified atom stereocenters. The highest BCUT2D eigenvalue weighted by molar-refractivity contribution is 5.29. The molecule has 0 amide bonds. The number of methoxy groups -OCH3 is 2. The molecule has 0 saturated heterocycles. The lowest BCUT2D eigenvalue weighted by molar-refractivity contribution is 0.184. The molecule has 3 heteroatoms. The van der Waals surface area contributed by atoms with Crippen LogP contribution in [-0.4, -0.2) is 14.2 Å². The van der Waals surface area contributed by atoms with Gasteiger partial charge < -0.3 is 9.47 Å². The highest BCUT2D eigenvalue weighted by Crippen LogP contribution is 2.18. The summed E-state index contributed by atoms with van der Waals surface area (Å²) in [5.74, 6) is -0.0955. The molecule has 1 aromatic carbocycles. The van der Waals surface area contributed by atoms with Crippen molar-refractivity contribution in [3.63, 3.8) is 0 Å². The van der Waals surface area contributed by atoms with Crippen LogP contribution in [0.5, 0.6) is 5.75 Å². The lowest BCUT2D eigenvalue weighted by Gasteiger charge is -2.04. The van der Waals surface area contributed by atoms with Gasteiger partial charge in [0.2, 0.25) is 0 Å². The van der Waals surface area contributed by atoms with Gasteiger partial charge in [0.05, 0.1) is 13.7 Å². The Labute approximate surface area is 70.9 Å². The lowest BCUT2D eigenvalue weighted by atomic mass is 10.2. The molecule has 0 aromatic heterocycles. The van der Waals surface area contributed by atoms with Crippen molar-refractivity contribution in [1.82, 2.24) is 0 Å². The highest BCUT2D eigenvalue weighted by Gasteiger charge is 2.02. The van der Waals surface area contributed by atoms with E-state index in [0.717, 1.165) is 5.56 Å². The van der Waals surface area contributed by atoms with E-state index in [0.29, 0.717) is 6.61 Å². The monoisotopic (exact) mass is 170 g/mol. The molecule has 0 heterocycles. The molecule has 0 aliphatic rings. The third-order valence-electron chi connectivity index (χ3n) is 1.53. The van der Waals surface area contributed by atoms with Gasteiger partial charge in [-0.2, -0.15) is 0 Å². The van der Waals surface area contributed by atoms with Crippen molar-refractivity contribution in [2.45, 2.75) is 6.61 Å². The minimum atomic E-state index is -0.350. The number of hydrogen-bond acceptors (Lipinski definition) is 2. The summed E-state index contributed by atoms with van der Waals surface area (Å²) >= 11 is 0. The Hall–Kier alpha value is -1.09. The number of benzene rings is 1. The molecule has 0 fully saturated rings. The summed E-state index contributed by atoms with van der Waals surface area (Å²) < 4.78 is 22.5. The molecule has 0 radical (unpaired) electrons. The largest absolute Gasteiger partial charge is 0.494 e. The van der Waals surface area contributed by atoms with E-state index in [2.05, 4.69) is 0 Å². The Morgan fingerprint density at radius 2 is 2.08 bits per heavy atom. The van der Waals surface area contributed by atoms with Crippen LogP contribution in [0.2, 0.25) is 0 Å². The molecule has 0 spiro atoms. The number of rotatable bonds is 3. The van der Waals surface area contributed by atoms with Crippen LogP contribution in [0.15, 0.2) is 18.2 Å². The molecule has 0 N–H and O–H groups in total. The maximum Gasteiger partial charge on any atom is 0.165 e. The second kappa shape index (κ2) is 4.07. The Bertz CT molecular complexity index is 261. The van der Waals surface area contributed by atoms with Gasteiger partial charge in [-0.05, 0) is 17.7 Å². The predicted octanol–water partition coefficient (Wildman–Crippen LogP) is 1.98. The molecule has 0 aliphatic heterocycles. The first kappa shape index (κ1) is 9.00. The van der Waals surface area contributed by atoms with Gasteiger partial charge >= 0.3 is 0 Å². The van der Waals surface area contributed by atoms with E-state index in [-0.39, 0.29) is 11.6 Å². The molecule has 12 heavy (non-hydrogen) atoms. The zero-order valence-electron chi connectivity index (χ0n) is 7.13. The van der Waals surface area contributed by atoms with Crippen molar-refractivity contribution in [2.75, 3.05) is 14.2 Å². The van der Waals surface area contributed by atoms with Crippen molar-refractivity contribution in [1.29, 1.82) is 0 Å². The zero-order chi connectivity index (χ0) is 8.97. The van der Waals surface area contributed by atoms with E-state index < -0.39 is 0 Å². The van der Waals surface area contributed by atoms with E-state index >= 15 is 0 Å². The van der Waals surface area contributed by atoms with Gasteiger partial charge in [-0.15, -0.1) is 0 Å². The molecule has 1 rings (SSSR count). The fraction of sp³-hybridized carbons (Fsp3) is 0.333. The third-order valence-corrected chi connectivity index (χ3v) is 1.53. The predicted molar refractivity (Wildman–Crippen MR) is 43.7 cm³/mol. The zero-order valence-corrected chi connectivity index (χ0v) is 7.13. The molecule has 0 aliphatic carbocycles. The average molecular weight is 170 g/mol. The molecule has 0 saturated carbocycles. The second-order valence-electron chi connectivity index (χ2n) is 2.40. The van der Waals surface area contributed by atoms with Crippen LogP contribution in [-0.2, 0) is 11.3 Å². The van der Waals surface area contributed by atoms with Crippen LogP contribution in [0, 0.1) is 5.82 Å². The molecule has 0 bridgehead atoms. The minimum absolute atomic E-state index is 0.254. The quantitative estimate of drug-likeness (QED) is 0.690. The summed E-state index contributed by atoms with van der Waals surface area (Å²) in [5.41, 5.74) is 0.899. The molecular formula is C9H11FO2. The minimum Gasteiger partial charge on any atom is -0.494 e. The summed E-state index contributed by atoms with van der Waals surface area (Å²) in [7, 11) is 3.03. The van der Waals surface area contributed by atoms with Crippen LogP contribution < -0.4 is 4.74 Å². The topological polar surface area (TPSA) is 18.5 Å². The average Bonchev–Trinajstić information content (AvgIpc) is 2.09. The molecule has 0 atom stereocenters. The van der Waals surface area contributed by atoms with Gasteiger partial charge in [-0.1, -0.05) is 6.07 Å².